The molecule has 2 aromatic rings. The average molecular weight is 472 g/mol. The van der Waals surface area contributed by atoms with Crippen LogP contribution in [0.4, 0.5) is 37.7 Å². The lowest BCUT2D eigenvalue weighted by Gasteiger charge is -2.46. The van der Waals surface area contributed by atoms with Gasteiger partial charge in [-0.3, -0.25) is 9.80 Å². The molecule has 2 heterocycles. The Balaban J connectivity index is 1.31. The maximum atomic E-state index is 12.6. The summed E-state index contributed by atoms with van der Waals surface area (Å²) in [5.41, 5.74) is -0.903. The van der Waals surface area contributed by atoms with Gasteiger partial charge in [0.2, 0.25) is 0 Å². The van der Waals surface area contributed by atoms with E-state index >= 15 is 0 Å². The van der Waals surface area contributed by atoms with Crippen LogP contribution in [-0.2, 0) is 12.4 Å². The second kappa shape index (κ2) is 8.94. The molecule has 0 unspecified atom stereocenters. The third-order valence-electron chi connectivity index (χ3n) is 4.82. The van der Waals surface area contributed by atoms with Gasteiger partial charge in [0.05, 0.1) is 55.8 Å². The molecule has 0 amide bonds. The topological polar surface area (TPSA) is 62.4 Å². The van der Waals surface area contributed by atoms with Crippen LogP contribution < -0.4 is 0 Å². The van der Waals surface area contributed by atoms with E-state index in [-0.39, 0.29) is 0 Å². The largest absolute Gasteiger partial charge is 0.416 e. The molecule has 0 aliphatic carbocycles. The molecule has 4 rings (SSSR count). The van der Waals surface area contributed by atoms with Gasteiger partial charge >= 0.3 is 12.4 Å². The lowest BCUT2D eigenvalue weighted by molar-refractivity contribution is -0.138. The Labute approximate surface area is 184 Å². The van der Waals surface area contributed by atoms with Crippen molar-refractivity contribution >= 4 is 11.4 Å². The van der Waals surface area contributed by atoms with Crippen LogP contribution in [0.15, 0.2) is 69.2 Å². The zero-order valence-electron chi connectivity index (χ0n) is 17.0. The number of hydrogen-bond acceptors (Lipinski definition) is 6. The summed E-state index contributed by atoms with van der Waals surface area (Å²) in [6.45, 7) is 2.29. The third-order valence-corrected chi connectivity index (χ3v) is 4.82. The Morgan fingerprint density at radius 2 is 0.848 bits per heavy atom. The molecule has 33 heavy (non-hydrogen) atoms. The van der Waals surface area contributed by atoms with Gasteiger partial charge in [-0.1, -0.05) is 10.4 Å². The molecule has 2 fully saturated rings. The maximum absolute atomic E-state index is 12.6. The number of nitrogens with zero attached hydrogens (tertiary/aromatic N) is 8. The van der Waals surface area contributed by atoms with Crippen LogP contribution in [0, 0.1) is 0 Å². The summed E-state index contributed by atoms with van der Waals surface area (Å²) in [6, 6.07) is 8.81. The van der Waals surface area contributed by atoms with Crippen LogP contribution in [0.2, 0.25) is 0 Å². The fourth-order valence-corrected chi connectivity index (χ4v) is 3.34. The van der Waals surface area contributed by atoms with E-state index in [2.05, 4.69) is 20.7 Å². The van der Waals surface area contributed by atoms with Crippen molar-refractivity contribution in [3.8, 4) is 0 Å². The number of alkyl halides is 6. The van der Waals surface area contributed by atoms with Gasteiger partial charge in [0, 0.05) is 0 Å². The quantitative estimate of drug-likeness (QED) is 0.439. The van der Waals surface area contributed by atoms with Gasteiger partial charge in [0.25, 0.3) is 0 Å². The molecule has 0 spiro atoms. The van der Waals surface area contributed by atoms with Gasteiger partial charge in [-0.25, -0.2) is 10.0 Å². The predicted octanol–water partition coefficient (Wildman–Crippen LogP) is 5.44. The summed E-state index contributed by atoms with van der Waals surface area (Å²) >= 11 is 0. The van der Waals surface area contributed by atoms with Crippen LogP contribution in [0.25, 0.3) is 0 Å². The van der Waals surface area contributed by atoms with E-state index in [9.17, 15) is 26.3 Å². The first-order chi connectivity index (χ1) is 15.6. The SMILES string of the molecule is FC(F)(F)c1ccc(N=NN2CN3CN(C2)CN(N=Nc2ccc(C(F)(F)F)cc2)C3)cc1. The van der Waals surface area contributed by atoms with Crippen molar-refractivity contribution in [3.63, 3.8) is 0 Å². The highest BCUT2D eigenvalue weighted by Gasteiger charge is 2.32. The molecule has 0 N–H and O–H groups in total. The Hall–Kier alpha value is -3.26. The third kappa shape index (κ3) is 5.96. The van der Waals surface area contributed by atoms with E-state index in [1.165, 1.54) is 24.3 Å². The molecule has 2 bridgehead atoms. The second-order valence-corrected chi connectivity index (χ2v) is 7.53. The zero-order chi connectivity index (χ0) is 23.6. The highest BCUT2D eigenvalue weighted by atomic mass is 19.4. The number of rotatable bonds is 4. The van der Waals surface area contributed by atoms with E-state index in [0.29, 0.717) is 44.7 Å². The summed E-state index contributed by atoms with van der Waals surface area (Å²) in [5.74, 6) is 0. The predicted molar refractivity (Wildman–Crippen MR) is 104 cm³/mol. The monoisotopic (exact) mass is 472 g/mol. The summed E-state index contributed by atoms with van der Waals surface area (Å²) in [4.78, 5) is 3.95. The van der Waals surface area contributed by atoms with E-state index in [4.69, 9.17) is 0 Å². The number of fused-ring (bicyclic) bond motifs is 2. The minimum atomic E-state index is -4.41. The summed E-state index contributed by atoms with van der Waals surface area (Å²) < 4.78 is 75.8. The fraction of sp³-hybridized carbons (Fsp3) is 0.368. The smallest absolute Gasteiger partial charge is 0.252 e. The van der Waals surface area contributed by atoms with Crippen molar-refractivity contribution in [2.24, 2.45) is 20.7 Å². The Morgan fingerprint density at radius 3 is 1.15 bits per heavy atom. The number of hydrogen-bond donors (Lipinski definition) is 0. The Bertz CT molecular complexity index is 909. The van der Waals surface area contributed by atoms with Crippen LogP contribution in [-0.4, -0.2) is 53.2 Å². The maximum Gasteiger partial charge on any atom is 0.416 e. The highest BCUT2D eigenvalue weighted by molar-refractivity contribution is 5.39. The number of benzene rings is 2. The van der Waals surface area contributed by atoms with E-state index < -0.39 is 23.5 Å². The van der Waals surface area contributed by atoms with Crippen LogP contribution in [0.3, 0.4) is 0 Å². The van der Waals surface area contributed by atoms with Crippen molar-refractivity contribution in [1.29, 1.82) is 0 Å². The van der Waals surface area contributed by atoms with Crippen LogP contribution >= 0.6 is 0 Å². The molecule has 14 heteroatoms. The van der Waals surface area contributed by atoms with E-state index in [1.54, 1.807) is 10.0 Å². The summed E-state index contributed by atoms with van der Waals surface area (Å²) in [6.07, 6.45) is -8.81. The molecule has 0 atom stereocenters. The molecule has 2 aromatic carbocycles. The fourth-order valence-electron chi connectivity index (χ4n) is 3.34. The molecule has 0 aromatic heterocycles. The number of halogens is 6. The van der Waals surface area contributed by atoms with Crippen molar-refractivity contribution < 1.29 is 26.3 Å². The van der Waals surface area contributed by atoms with Crippen molar-refractivity contribution in [1.82, 2.24) is 19.8 Å². The summed E-state index contributed by atoms with van der Waals surface area (Å²) in [7, 11) is 0. The molecule has 2 aliphatic rings. The molecule has 0 saturated carbocycles. The van der Waals surface area contributed by atoms with Gasteiger partial charge in [-0.15, -0.1) is 10.2 Å². The van der Waals surface area contributed by atoms with Crippen molar-refractivity contribution in [2.45, 2.75) is 12.4 Å². The lowest BCUT2D eigenvalue weighted by Crippen LogP contribution is -2.61. The first-order valence-electron chi connectivity index (χ1n) is 9.69. The van der Waals surface area contributed by atoms with E-state index in [0.717, 1.165) is 24.3 Å². The first kappa shape index (κ1) is 22.9. The molecule has 176 valence electrons. The van der Waals surface area contributed by atoms with Gasteiger partial charge in [0.15, 0.2) is 0 Å². The summed E-state index contributed by atoms with van der Waals surface area (Å²) in [5, 5.41) is 19.5. The highest BCUT2D eigenvalue weighted by Crippen LogP contribution is 2.31. The molecular formula is C19H18F6N8. The molecule has 2 aliphatic heterocycles. The molecule has 2 saturated heterocycles. The molecular weight excluding hydrogens is 454 g/mol. The second-order valence-electron chi connectivity index (χ2n) is 7.53. The van der Waals surface area contributed by atoms with Gasteiger partial charge in [-0.05, 0) is 48.5 Å². The minimum Gasteiger partial charge on any atom is -0.252 e. The lowest BCUT2D eigenvalue weighted by atomic mass is 10.2. The first-order valence-corrected chi connectivity index (χ1v) is 9.69. The normalized spacial score (nSPS) is 21.9. The van der Waals surface area contributed by atoms with Crippen LogP contribution in [0.1, 0.15) is 11.1 Å². The van der Waals surface area contributed by atoms with E-state index in [1.807, 2.05) is 9.80 Å². The Morgan fingerprint density at radius 1 is 0.515 bits per heavy atom. The van der Waals surface area contributed by atoms with Crippen LogP contribution in [0.5, 0.6) is 0 Å². The van der Waals surface area contributed by atoms with Gasteiger partial charge in [-0.2, -0.15) is 26.3 Å². The van der Waals surface area contributed by atoms with Gasteiger partial charge in [0.1, 0.15) is 0 Å². The zero-order valence-corrected chi connectivity index (χ0v) is 17.0. The minimum absolute atomic E-state index is 0.302. The van der Waals surface area contributed by atoms with Crippen molar-refractivity contribution in [2.75, 3.05) is 33.3 Å². The average Bonchev–Trinajstić information content (AvgIpc) is 2.75. The van der Waals surface area contributed by atoms with Gasteiger partial charge < -0.3 is 0 Å². The van der Waals surface area contributed by atoms with Crippen molar-refractivity contribution in [3.05, 3.63) is 59.7 Å². The molecule has 8 nitrogen and oxygen atoms in total. The molecule has 0 radical (unpaired) electrons. The standard InChI is InChI=1S/C19H18F6N8/c20-18(21,22)14-1-5-16(6-2-14)26-28-32-10-30-9-31(11-32)13-33(12-30)29-27-17-7-3-15(4-8-17)19(23,24)25/h1-8H,9-13H2. The Kier molecular flexibility index (Phi) is 6.21.